The van der Waals surface area contributed by atoms with Gasteiger partial charge in [-0.05, 0) is 11.6 Å². The fourth-order valence-electron chi connectivity index (χ4n) is 2.07. The van der Waals surface area contributed by atoms with E-state index in [-0.39, 0.29) is 31.1 Å². The number of amides is 1. The summed E-state index contributed by atoms with van der Waals surface area (Å²) >= 11 is 1.24. The quantitative estimate of drug-likeness (QED) is 0.786. The zero-order valence-corrected chi connectivity index (χ0v) is 13.9. The van der Waals surface area contributed by atoms with E-state index in [1.165, 1.54) is 24.5 Å². The highest BCUT2D eigenvalue weighted by Crippen LogP contribution is 2.18. The molecule has 6 nitrogen and oxygen atoms in total. The Balaban J connectivity index is 2.11. The van der Waals surface area contributed by atoms with Gasteiger partial charge in [-0.15, -0.1) is 11.3 Å². The zero-order chi connectivity index (χ0) is 17.5. The summed E-state index contributed by atoms with van der Waals surface area (Å²) in [6, 6.07) is 6.37. The molecule has 24 heavy (non-hydrogen) atoms. The summed E-state index contributed by atoms with van der Waals surface area (Å²) in [5, 5.41) is 11.1. The third kappa shape index (κ3) is 4.84. The lowest BCUT2D eigenvalue weighted by atomic mass is 10.1. The molecule has 128 valence electrons. The van der Waals surface area contributed by atoms with Crippen LogP contribution in [0.3, 0.4) is 0 Å². The van der Waals surface area contributed by atoms with Gasteiger partial charge in [-0.2, -0.15) is 0 Å². The third-order valence-corrected chi connectivity index (χ3v) is 4.10. The highest BCUT2D eigenvalue weighted by molar-refractivity contribution is 7.09. The summed E-state index contributed by atoms with van der Waals surface area (Å²) in [6.45, 7) is -0.0462. The molecule has 0 saturated carbocycles. The molecule has 0 aliphatic carbocycles. The van der Waals surface area contributed by atoms with Crippen LogP contribution >= 0.6 is 11.3 Å². The predicted octanol–water partition coefficient (Wildman–Crippen LogP) is 2.05. The average molecular weight is 352 g/mol. The molecule has 0 spiro atoms. The second-order valence-electron chi connectivity index (χ2n) is 5.01. The normalized spacial score (nSPS) is 10.6. The molecule has 1 heterocycles. The summed E-state index contributed by atoms with van der Waals surface area (Å²) in [5.74, 6) is -1.92. The number of carbonyl (C=O) groups excluding carboxylic acids is 1. The first-order valence-corrected chi connectivity index (χ1v) is 8.07. The van der Waals surface area contributed by atoms with Crippen molar-refractivity contribution in [2.24, 2.45) is 0 Å². The van der Waals surface area contributed by atoms with E-state index in [1.54, 1.807) is 23.6 Å². The van der Waals surface area contributed by atoms with Gasteiger partial charge in [0.05, 0.1) is 11.6 Å². The fraction of sp³-hybridized carbons (Fsp3) is 0.312. The van der Waals surface area contributed by atoms with E-state index in [0.717, 1.165) is 4.90 Å². The Morgan fingerprint density at radius 2 is 2.12 bits per heavy atom. The van der Waals surface area contributed by atoms with Crippen LogP contribution in [-0.4, -0.2) is 53.7 Å². The van der Waals surface area contributed by atoms with E-state index in [4.69, 9.17) is 9.84 Å². The molecule has 0 aliphatic heterocycles. The van der Waals surface area contributed by atoms with Crippen LogP contribution in [-0.2, 0) is 16.0 Å². The van der Waals surface area contributed by atoms with E-state index in [9.17, 15) is 14.0 Å². The maximum Gasteiger partial charge on any atom is 0.323 e. The largest absolute Gasteiger partial charge is 0.480 e. The Labute approximate surface area is 142 Å². The number of hydrogen-bond acceptors (Lipinski definition) is 5. The number of methoxy groups -OCH3 is 1. The summed E-state index contributed by atoms with van der Waals surface area (Å²) in [5.41, 5.74) is 0.649. The van der Waals surface area contributed by atoms with Crippen LogP contribution in [0.2, 0.25) is 0 Å². The number of rotatable bonds is 8. The number of nitrogens with zero attached hydrogens (tertiary/aromatic N) is 2. The second kappa shape index (κ2) is 8.51. The molecular formula is C16H17FN2O4S. The van der Waals surface area contributed by atoms with E-state index < -0.39 is 18.4 Å². The van der Waals surface area contributed by atoms with Gasteiger partial charge >= 0.3 is 5.97 Å². The molecule has 0 radical (unpaired) electrons. The molecule has 0 unspecified atom stereocenters. The van der Waals surface area contributed by atoms with Crippen LogP contribution in [0.5, 0.6) is 0 Å². The predicted molar refractivity (Wildman–Crippen MR) is 86.7 cm³/mol. The number of benzene rings is 1. The Morgan fingerprint density at radius 3 is 2.79 bits per heavy atom. The summed E-state index contributed by atoms with van der Waals surface area (Å²) in [6.07, 6.45) is 0.279. The highest BCUT2D eigenvalue weighted by atomic mass is 32.1. The van der Waals surface area contributed by atoms with Crippen molar-refractivity contribution in [2.45, 2.75) is 6.42 Å². The van der Waals surface area contributed by atoms with Crippen molar-refractivity contribution in [3.8, 4) is 0 Å². The van der Waals surface area contributed by atoms with Gasteiger partial charge in [0, 0.05) is 25.5 Å². The minimum absolute atomic E-state index is 0.155. The first-order chi connectivity index (χ1) is 11.5. The second-order valence-corrected chi connectivity index (χ2v) is 5.95. The van der Waals surface area contributed by atoms with Crippen LogP contribution < -0.4 is 0 Å². The number of hydrogen-bond donors (Lipinski definition) is 1. The molecule has 1 aromatic carbocycles. The molecule has 0 fully saturated rings. The molecule has 0 saturated heterocycles. The van der Waals surface area contributed by atoms with E-state index in [1.807, 2.05) is 0 Å². The lowest BCUT2D eigenvalue weighted by Gasteiger charge is -2.18. The number of carbonyl (C=O) groups is 2. The Morgan fingerprint density at radius 1 is 1.38 bits per heavy atom. The molecule has 8 heteroatoms. The van der Waals surface area contributed by atoms with Gasteiger partial charge in [0.15, 0.2) is 0 Å². The van der Waals surface area contributed by atoms with Crippen molar-refractivity contribution in [1.29, 1.82) is 0 Å². The van der Waals surface area contributed by atoms with Crippen LogP contribution in [0.15, 0.2) is 29.6 Å². The molecular weight excluding hydrogens is 335 g/mol. The number of ether oxygens (including phenoxy) is 1. The molecule has 2 aromatic rings. The minimum Gasteiger partial charge on any atom is -0.480 e. The first kappa shape index (κ1) is 18.0. The van der Waals surface area contributed by atoms with Gasteiger partial charge in [0.2, 0.25) is 0 Å². The van der Waals surface area contributed by atoms with Gasteiger partial charge in [0.25, 0.3) is 5.91 Å². The topological polar surface area (TPSA) is 79.7 Å². The van der Waals surface area contributed by atoms with Crippen molar-refractivity contribution >= 4 is 23.2 Å². The number of carboxylic acid groups (broad SMARTS) is 1. The maximum atomic E-state index is 13.7. The monoisotopic (exact) mass is 352 g/mol. The maximum absolute atomic E-state index is 13.7. The van der Waals surface area contributed by atoms with Gasteiger partial charge in [-0.3, -0.25) is 9.59 Å². The van der Waals surface area contributed by atoms with Crippen LogP contribution in [0.4, 0.5) is 4.39 Å². The smallest absolute Gasteiger partial charge is 0.323 e. The molecule has 1 amide bonds. The summed E-state index contributed by atoms with van der Waals surface area (Å²) in [7, 11) is 1.47. The first-order valence-electron chi connectivity index (χ1n) is 7.19. The van der Waals surface area contributed by atoms with E-state index >= 15 is 0 Å². The summed E-state index contributed by atoms with van der Waals surface area (Å²) < 4.78 is 18.6. The van der Waals surface area contributed by atoms with Crippen LogP contribution in [0, 0.1) is 5.82 Å². The SMILES string of the molecule is COCCN(CC(=O)O)C(=O)c1csc(Cc2ccccc2F)n1. The Bertz CT molecular complexity index is 720. The van der Waals surface area contributed by atoms with Crippen molar-refractivity contribution in [1.82, 2.24) is 9.88 Å². The number of aliphatic carboxylic acids is 1. The summed E-state index contributed by atoms with van der Waals surface area (Å²) in [4.78, 5) is 28.7. The van der Waals surface area contributed by atoms with Crippen molar-refractivity contribution in [3.63, 3.8) is 0 Å². The standard InChI is InChI=1S/C16H17FN2O4S/c1-23-7-6-19(9-15(20)21)16(22)13-10-24-14(18-13)8-11-4-2-3-5-12(11)17/h2-5,10H,6-9H2,1H3,(H,20,21). The van der Waals surface area contributed by atoms with Gasteiger partial charge < -0.3 is 14.7 Å². The van der Waals surface area contributed by atoms with Gasteiger partial charge in [-0.1, -0.05) is 18.2 Å². The molecule has 1 N–H and O–H groups in total. The molecule has 0 atom stereocenters. The van der Waals surface area contributed by atoms with Crippen LogP contribution in [0.25, 0.3) is 0 Å². The van der Waals surface area contributed by atoms with Gasteiger partial charge in [-0.25, -0.2) is 9.37 Å². The molecule has 2 rings (SSSR count). The van der Waals surface area contributed by atoms with Gasteiger partial charge in [0.1, 0.15) is 18.1 Å². The zero-order valence-electron chi connectivity index (χ0n) is 13.1. The molecule has 0 bridgehead atoms. The third-order valence-electron chi connectivity index (χ3n) is 3.25. The number of thiazole rings is 1. The van der Waals surface area contributed by atoms with Crippen molar-refractivity contribution in [3.05, 3.63) is 51.7 Å². The Kier molecular flexibility index (Phi) is 6.39. The Hall–Kier alpha value is -2.32. The lowest BCUT2D eigenvalue weighted by Crippen LogP contribution is -2.38. The minimum atomic E-state index is -1.11. The average Bonchev–Trinajstić information content (AvgIpc) is 3.01. The fourth-order valence-corrected chi connectivity index (χ4v) is 2.87. The number of carboxylic acids is 1. The molecule has 0 aliphatic rings. The van der Waals surface area contributed by atoms with Crippen molar-refractivity contribution < 1.29 is 23.8 Å². The lowest BCUT2D eigenvalue weighted by molar-refractivity contribution is -0.137. The van der Waals surface area contributed by atoms with E-state index in [0.29, 0.717) is 10.6 Å². The number of halogens is 1. The highest BCUT2D eigenvalue weighted by Gasteiger charge is 2.21. The van der Waals surface area contributed by atoms with Crippen molar-refractivity contribution in [2.75, 3.05) is 26.8 Å². The molecule has 1 aromatic heterocycles. The van der Waals surface area contributed by atoms with Crippen LogP contribution in [0.1, 0.15) is 21.1 Å². The number of aromatic nitrogens is 1. The van der Waals surface area contributed by atoms with E-state index in [2.05, 4.69) is 4.98 Å².